The van der Waals surface area contributed by atoms with Crippen LogP contribution < -0.4 is 5.32 Å². The summed E-state index contributed by atoms with van der Waals surface area (Å²) in [7, 11) is 4.41. The lowest BCUT2D eigenvalue weighted by Crippen LogP contribution is -2.57. The molecule has 0 aromatic rings. The third-order valence-corrected chi connectivity index (χ3v) is 4.47. The van der Waals surface area contributed by atoms with Gasteiger partial charge in [-0.3, -0.25) is 4.90 Å². The van der Waals surface area contributed by atoms with Crippen LogP contribution in [0.2, 0.25) is 0 Å². The summed E-state index contributed by atoms with van der Waals surface area (Å²) in [5.74, 6) is 0.854. The van der Waals surface area contributed by atoms with Crippen LogP contribution in [0, 0.1) is 5.92 Å². The maximum atomic E-state index is 3.60. The van der Waals surface area contributed by atoms with Crippen LogP contribution in [0.5, 0.6) is 0 Å². The van der Waals surface area contributed by atoms with Gasteiger partial charge in [0.1, 0.15) is 0 Å². The zero-order chi connectivity index (χ0) is 12.3. The van der Waals surface area contributed by atoms with Crippen molar-refractivity contribution in [1.82, 2.24) is 15.1 Å². The molecule has 0 aliphatic carbocycles. The van der Waals surface area contributed by atoms with Crippen molar-refractivity contribution in [2.45, 2.75) is 44.7 Å². The summed E-state index contributed by atoms with van der Waals surface area (Å²) in [4.78, 5) is 5.14. The van der Waals surface area contributed by atoms with Crippen molar-refractivity contribution in [3.8, 4) is 0 Å². The molecule has 0 radical (unpaired) electrons. The van der Waals surface area contributed by atoms with Crippen LogP contribution in [-0.4, -0.2) is 62.2 Å². The van der Waals surface area contributed by atoms with Crippen LogP contribution >= 0.6 is 0 Å². The van der Waals surface area contributed by atoms with E-state index >= 15 is 0 Å². The van der Waals surface area contributed by atoms with E-state index < -0.39 is 0 Å². The van der Waals surface area contributed by atoms with Gasteiger partial charge < -0.3 is 10.2 Å². The summed E-state index contributed by atoms with van der Waals surface area (Å²) in [6.07, 6.45) is 5.56. The normalized spacial score (nSPS) is 36.4. The van der Waals surface area contributed by atoms with Crippen molar-refractivity contribution < 1.29 is 0 Å². The summed E-state index contributed by atoms with van der Waals surface area (Å²) in [6.45, 7) is 7.38. The molecule has 3 atom stereocenters. The SMILES string of the molecule is CC1CCCCN1C1CNCCC1CN(C)C. The molecule has 17 heavy (non-hydrogen) atoms. The summed E-state index contributed by atoms with van der Waals surface area (Å²) in [5, 5.41) is 3.60. The Morgan fingerprint density at radius 1 is 1.24 bits per heavy atom. The third-order valence-electron chi connectivity index (χ3n) is 4.47. The zero-order valence-corrected chi connectivity index (χ0v) is 11.8. The van der Waals surface area contributed by atoms with Crippen LogP contribution in [0.4, 0.5) is 0 Å². The lowest BCUT2D eigenvalue weighted by atomic mass is 9.88. The first-order valence-electron chi connectivity index (χ1n) is 7.29. The fourth-order valence-corrected chi connectivity index (χ4v) is 3.58. The predicted octanol–water partition coefficient (Wildman–Crippen LogP) is 1.40. The van der Waals surface area contributed by atoms with Crippen molar-refractivity contribution >= 4 is 0 Å². The summed E-state index contributed by atoms with van der Waals surface area (Å²) < 4.78 is 0. The number of rotatable bonds is 3. The van der Waals surface area contributed by atoms with E-state index in [0.717, 1.165) is 18.0 Å². The van der Waals surface area contributed by atoms with Crippen molar-refractivity contribution in [1.29, 1.82) is 0 Å². The van der Waals surface area contributed by atoms with Crippen molar-refractivity contribution in [3.05, 3.63) is 0 Å². The molecule has 0 amide bonds. The molecule has 3 unspecified atom stereocenters. The quantitative estimate of drug-likeness (QED) is 0.803. The minimum Gasteiger partial charge on any atom is -0.315 e. The van der Waals surface area contributed by atoms with Crippen molar-refractivity contribution in [2.24, 2.45) is 5.92 Å². The minimum atomic E-state index is 0.765. The molecule has 0 aromatic carbocycles. The van der Waals surface area contributed by atoms with Gasteiger partial charge in [0.25, 0.3) is 0 Å². The lowest BCUT2D eigenvalue weighted by molar-refractivity contribution is 0.0449. The molecule has 1 N–H and O–H groups in total. The number of piperidine rings is 2. The molecule has 2 saturated heterocycles. The highest BCUT2D eigenvalue weighted by atomic mass is 15.2. The lowest BCUT2D eigenvalue weighted by Gasteiger charge is -2.46. The van der Waals surface area contributed by atoms with Crippen LogP contribution in [-0.2, 0) is 0 Å². The summed E-state index contributed by atoms with van der Waals surface area (Å²) in [5.41, 5.74) is 0. The van der Waals surface area contributed by atoms with E-state index in [1.165, 1.54) is 51.9 Å². The molecule has 2 heterocycles. The highest BCUT2D eigenvalue weighted by Gasteiger charge is 2.33. The molecule has 100 valence electrons. The van der Waals surface area contributed by atoms with Gasteiger partial charge in [-0.2, -0.15) is 0 Å². The molecule has 3 nitrogen and oxygen atoms in total. The van der Waals surface area contributed by atoms with Gasteiger partial charge in [0.2, 0.25) is 0 Å². The molecule has 2 aliphatic heterocycles. The summed E-state index contributed by atoms with van der Waals surface area (Å²) >= 11 is 0. The predicted molar refractivity (Wildman–Crippen MR) is 73.3 cm³/mol. The number of nitrogens with one attached hydrogen (secondary N) is 1. The van der Waals surface area contributed by atoms with Gasteiger partial charge in [-0.05, 0) is 59.3 Å². The highest BCUT2D eigenvalue weighted by Crippen LogP contribution is 2.26. The van der Waals surface area contributed by atoms with E-state index in [9.17, 15) is 0 Å². The Kier molecular flexibility index (Phi) is 4.83. The molecule has 3 heteroatoms. The number of likely N-dealkylation sites (tertiary alicyclic amines) is 1. The average Bonchev–Trinajstić information content (AvgIpc) is 2.30. The molecule has 2 fully saturated rings. The first kappa shape index (κ1) is 13.3. The Labute approximate surface area is 107 Å². The largest absolute Gasteiger partial charge is 0.315 e. The zero-order valence-electron chi connectivity index (χ0n) is 11.8. The van der Waals surface area contributed by atoms with Crippen LogP contribution in [0.25, 0.3) is 0 Å². The van der Waals surface area contributed by atoms with E-state index in [4.69, 9.17) is 0 Å². The first-order valence-corrected chi connectivity index (χ1v) is 7.29. The smallest absolute Gasteiger partial charge is 0.0264 e. The molecule has 2 aliphatic rings. The molecule has 0 aromatic heterocycles. The van der Waals surface area contributed by atoms with Gasteiger partial charge in [-0.15, -0.1) is 0 Å². The van der Waals surface area contributed by atoms with Crippen LogP contribution in [0.1, 0.15) is 32.6 Å². The topological polar surface area (TPSA) is 18.5 Å². The fourth-order valence-electron chi connectivity index (χ4n) is 3.58. The van der Waals surface area contributed by atoms with E-state index in [1.807, 2.05) is 0 Å². The second-order valence-corrected chi connectivity index (χ2v) is 6.17. The van der Waals surface area contributed by atoms with E-state index in [-0.39, 0.29) is 0 Å². The Morgan fingerprint density at radius 2 is 2.06 bits per heavy atom. The number of hydrogen-bond donors (Lipinski definition) is 1. The van der Waals surface area contributed by atoms with Gasteiger partial charge in [0, 0.05) is 25.2 Å². The molecule has 0 spiro atoms. The summed E-state index contributed by atoms with van der Waals surface area (Å²) in [6, 6.07) is 1.56. The molecule has 0 bridgehead atoms. The van der Waals surface area contributed by atoms with Gasteiger partial charge in [-0.1, -0.05) is 6.42 Å². The molecule has 0 saturated carbocycles. The standard InChI is InChI=1S/C14H29N3/c1-12-6-4-5-9-17(12)14-10-15-8-7-13(14)11-16(2)3/h12-15H,4-11H2,1-3H3. The second kappa shape index (κ2) is 6.17. The average molecular weight is 239 g/mol. The van der Waals surface area contributed by atoms with E-state index in [2.05, 4.69) is 36.1 Å². The molecule has 2 rings (SSSR count). The molecular weight excluding hydrogens is 210 g/mol. The maximum Gasteiger partial charge on any atom is 0.0264 e. The van der Waals surface area contributed by atoms with E-state index in [1.54, 1.807) is 0 Å². The van der Waals surface area contributed by atoms with Gasteiger partial charge >= 0.3 is 0 Å². The fraction of sp³-hybridized carbons (Fsp3) is 1.00. The Balaban J connectivity index is 1.99. The van der Waals surface area contributed by atoms with Gasteiger partial charge in [-0.25, -0.2) is 0 Å². The maximum absolute atomic E-state index is 3.60. The van der Waals surface area contributed by atoms with Crippen molar-refractivity contribution in [2.75, 3.05) is 40.3 Å². The van der Waals surface area contributed by atoms with Crippen LogP contribution in [0.15, 0.2) is 0 Å². The number of nitrogens with zero attached hydrogens (tertiary/aromatic N) is 2. The third kappa shape index (κ3) is 3.43. The van der Waals surface area contributed by atoms with E-state index in [0.29, 0.717) is 0 Å². The Bertz CT molecular complexity index is 230. The first-order chi connectivity index (χ1) is 8.18. The van der Waals surface area contributed by atoms with Gasteiger partial charge in [0.05, 0.1) is 0 Å². The molecular formula is C14H29N3. The highest BCUT2D eigenvalue weighted by molar-refractivity contribution is 4.90. The van der Waals surface area contributed by atoms with Crippen LogP contribution in [0.3, 0.4) is 0 Å². The van der Waals surface area contributed by atoms with Crippen molar-refractivity contribution in [3.63, 3.8) is 0 Å². The van der Waals surface area contributed by atoms with Gasteiger partial charge in [0.15, 0.2) is 0 Å². The monoisotopic (exact) mass is 239 g/mol. The second-order valence-electron chi connectivity index (χ2n) is 6.17. The Hall–Kier alpha value is -0.120. The number of hydrogen-bond acceptors (Lipinski definition) is 3. The Morgan fingerprint density at radius 3 is 2.76 bits per heavy atom. The minimum absolute atomic E-state index is 0.765.